The number of amides is 2. The molecule has 8 heteroatoms. The van der Waals surface area contributed by atoms with Crippen LogP contribution in [0.2, 0.25) is 0 Å². The van der Waals surface area contributed by atoms with Crippen molar-refractivity contribution in [2.24, 2.45) is 0 Å². The molecule has 0 heterocycles. The van der Waals surface area contributed by atoms with Crippen LogP contribution >= 0.6 is 12.2 Å². The molecule has 2 aromatic rings. The third kappa shape index (κ3) is 8.44. The largest absolute Gasteiger partial charge is 0.494 e. The Morgan fingerprint density at radius 2 is 1.59 bits per heavy atom. The average Bonchev–Trinajstić information content (AvgIpc) is 2.71. The maximum atomic E-state index is 11.9. The van der Waals surface area contributed by atoms with Crippen LogP contribution < -0.4 is 25.6 Å². The smallest absolute Gasteiger partial charge is 0.276 e. The third-order valence-corrected chi connectivity index (χ3v) is 3.77. The molecule has 0 aliphatic heterocycles. The first-order valence-corrected chi connectivity index (χ1v) is 9.37. The maximum absolute atomic E-state index is 11.9. The molecule has 0 aliphatic carbocycles. The van der Waals surface area contributed by atoms with Gasteiger partial charge in [-0.25, -0.2) is 0 Å². The van der Waals surface area contributed by atoms with Crippen LogP contribution in [-0.2, 0) is 9.59 Å². The first-order chi connectivity index (χ1) is 14.0. The molecule has 7 nitrogen and oxygen atoms in total. The standard InChI is InChI=1S/C21H23N3O4S/c1-3-27-17-11-6-16(7-12-17)8-13-19(25)22-21(29)24-23-20(26)14-28-18-9-4-15(2)5-10-18/h4-13H,3,14H2,1-2H3,(H,23,26)(H2,22,24,25,29)/b13-8+. The van der Waals surface area contributed by atoms with Gasteiger partial charge in [0.15, 0.2) is 11.7 Å². The third-order valence-electron chi connectivity index (χ3n) is 3.56. The number of carbonyl (C=O) groups excluding carboxylic acids is 2. The zero-order valence-corrected chi connectivity index (χ0v) is 17.0. The SMILES string of the molecule is CCOc1ccc(/C=C/C(=O)NC(=S)NNC(=O)COc2ccc(C)cc2)cc1. The van der Waals surface area contributed by atoms with E-state index >= 15 is 0 Å². The number of hydrogen-bond donors (Lipinski definition) is 3. The van der Waals surface area contributed by atoms with Crippen molar-refractivity contribution in [3.63, 3.8) is 0 Å². The summed E-state index contributed by atoms with van der Waals surface area (Å²) in [5.74, 6) is 0.483. The van der Waals surface area contributed by atoms with E-state index in [1.807, 2.05) is 50.2 Å². The van der Waals surface area contributed by atoms with Gasteiger partial charge in [-0.1, -0.05) is 29.8 Å². The van der Waals surface area contributed by atoms with Crippen molar-refractivity contribution >= 4 is 35.2 Å². The van der Waals surface area contributed by atoms with Crippen molar-refractivity contribution in [3.05, 3.63) is 65.7 Å². The van der Waals surface area contributed by atoms with E-state index in [1.165, 1.54) is 6.08 Å². The van der Waals surface area contributed by atoms with E-state index < -0.39 is 11.8 Å². The van der Waals surface area contributed by atoms with Crippen LogP contribution in [-0.4, -0.2) is 30.1 Å². The molecule has 0 aliphatic rings. The summed E-state index contributed by atoms with van der Waals surface area (Å²) in [4.78, 5) is 23.7. The molecule has 3 N–H and O–H groups in total. The summed E-state index contributed by atoms with van der Waals surface area (Å²) in [7, 11) is 0. The lowest BCUT2D eigenvalue weighted by atomic mass is 10.2. The molecule has 0 bridgehead atoms. The Bertz CT molecular complexity index is 864. The average molecular weight is 413 g/mol. The summed E-state index contributed by atoms with van der Waals surface area (Å²) in [6, 6.07) is 14.6. The molecule has 0 saturated carbocycles. The van der Waals surface area contributed by atoms with Gasteiger partial charge in [-0.2, -0.15) is 0 Å². The van der Waals surface area contributed by atoms with Gasteiger partial charge in [0.2, 0.25) is 5.91 Å². The number of aryl methyl sites for hydroxylation is 1. The molecule has 152 valence electrons. The lowest BCUT2D eigenvalue weighted by Gasteiger charge is -2.10. The van der Waals surface area contributed by atoms with Gasteiger partial charge in [0.1, 0.15) is 11.5 Å². The maximum Gasteiger partial charge on any atom is 0.276 e. The predicted octanol–water partition coefficient (Wildman–Crippen LogP) is 2.51. The fourth-order valence-electron chi connectivity index (χ4n) is 2.14. The fraction of sp³-hybridized carbons (Fsp3) is 0.190. The molecule has 0 atom stereocenters. The van der Waals surface area contributed by atoms with E-state index in [1.54, 1.807) is 18.2 Å². The molecule has 2 aromatic carbocycles. The normalized spacial score (nSPS) is 10.3. The van der Waals surface area contributed by atoms with Crippen LogP contribution in [0.5, 0.6) is 11.5 Å². The van der Waals surface area contributed by atoms with Crippen molar-refractivity contribution in [2.45, 2.75) is 13.8 Å². The van der Waals surface area contributed by atoms with E-state index in [2.05, 4.69) is 16.2 Å². The molecule has 0 saturated heterocycles. The van der Waals surface area contributed by atoms with Gasteiger partial charge < -0.3 is 9.47 Å². The van der Waals surface area contributed by atoms with Crippen molar-refractivity contribution in [3.8, 4) is 11.5 Å². The number of hydrazine groups is 1. The molecular weight excluding hydrogens is 390 g/mol. The predicted molar refractivity (Wildman–Crippen MR) is 115 cm³/mol. The van der Waals surface area contributed by atoms with Gasteiger partial charge in [-0.15, -0.1) is 0 Å². The van der Waals surface area contributed by atoms with E-state index in [9.17, 15) is 9.59 Å². The molecule has 0 fully saturated rings. The van der Waals surface area contributed by atoms with Crippen molar-refractivity contribution in [1.82, 2.24) is 16.2 Å². The van der Waals surface area contributed by atoms with Crippen LogP contribution in [0.15, 0.2) is 54.6 Å². The Hall–Kier alpha value is -3.39. The Kier molecular flexibility index (Phi) is 8.65. The number of thiocarbonyl (C=S) groups is 1. The minimum Gasteiger partial charge on any atom is -0.494 e. The first kappa shape index (κ1) is 21.9. The highest BCUT2D eigenvalue weighted by atomic mass is 32.1. The van der Waals surface area contributed by atoms with Crippen molar-refractivity contribution < 1.29 is 19.1 Å². The second-order valence-corrected chi connectivity index (χ2v) is 6.34. The van der Waals surface area contributed by atoms with Crippen molar-refractivity contribution in [2.75, 3.05) is 13.2 Å². The van der Waals surface area contributed by atoms with E-state index in [0.29, 0.717) is 12.4 Å². The molecule has 2 amide bonds. The number of benzene rings is 2. The van der Waals surface area contributed by atoms with Gasteiger partial charge in [0.05, 0.1) is 6.61 Å². The number of rotatable bonds is 7. The molecule has 0 spiro atoms. The molecule has 0 unspecified atom stereocenters. The highest BCUT2D eigenvalue weighted by Crippen LogP contribution is 2.13. The quantitative estimate of drug-likeness (QED) is 0.367. The molecule has 29 heavy (non-hydrogen) atoms. The van der Waals surface area contributed by atoms with Crippen LogP contribution in [0, 0.1) is 6.92 Å². The fourth-order valence-corrected chi connectivity index (χ4v) is 2.30. The Morgan fingerprint density at radius 3 is 2.24 bits per heavy atom. The van der Waals surface area contributed by atoms with Crippen LogP contribution in [0.25, 0.3) is 6.08 Å². The van der Waals surface area contributed by atoms with Gasteiger partial charge in [-0.05, 0) is 62.0 Å². The summed E-state index contributed by atoms with van der Waals surface area (Å²) in [5.41, 5.74) is 6.74. The summed E-state index contributed by atoms with van der Waals surface area (Å²) in [6.45, 7) is 4.28. The second-order valence-electron chi connectivity index (χ2n) is 5.93. The van der Waals surface area contributed by atoms with Crippen LogP contribution in [0.3, 0.4) is 0 Å². The van der Waals surface area contributed by atoms with Crippen molar-refractivity contribution in [1.29, 1.82) is 0 Å². The number of carbonyl (C=O) groups is 2. The Balaban J connectivity index is 1.68. The Labute approximate surface area is 175 Å². The first-order valence-electron chi connectivity index (χ1n) is 8.96. The summed E-state index contributed by atoms with van der Waals surface area (Å²) in [6.07, 6.45) is 2.98. The minimum absolute atomic E-state index is 0.0324. The highest BCUT2D eigenvalue weighted by molar-refractivity contribution is 7.80. The lowest BCUT2D eigenvalue weighted by molar-refractivity contribution is -0.123. The van der Waals surface area contributed by atoms with Gasteiger partial charge >= 0.3 is 0 Å². The summed E-state index contributed by atoms with van der Waals surface area (Å²) >= 11 is 4.97. The zero-order valence-electron chi connectivity index (χ0n) is 16.2. The summed E-state index contributed by atoms with van der Waals surface area (Å²) < 4.78 is 10.7. The summed E-state index contributed by atoms with van der Waals surface area (Å²) in [5, 5.41) is 2.40. The van der Waals surface area contributed by atoms with Crippen LogP contribution in [0.4, 0.5) is 0 Å². The van der Waals surface area contributed by atoms with Gasteiger partial charge in [-0.3, -0.25) is 25.8 Å². The molecular formula is C21H23N3O4S. The number of hydrogen-bond acceptors (Lipinski definition) is 5. The number of nitrogens with one attached hydrogen (secondary N) is 3. The van der Waals surface area contributed by atoms with E-state index in [0.717, 1.165) is 16.9 Å². The van der Waals surface area contributed by atoms with E-state index in [-0.39, 0.29) is 11.7 Å². The topological polar surface area (TPSA) is 88.7 Å². The van der Waals surface area contributed by atoms with Gasteiger partial charge in [0, 0.05) is 6.08 Å². The second kappa shape index (κ2) is 11.5. The zero-order chi connectivity index (χ0) is 21.1. The molecule has 0 aromatic heterocycles. The lowest BCUT2D eigenvalue weighted by Crippen LogP contribution is -2.49. The minimum atomic E-state index is -0.438. The van der Waals surface area contributed by atoms with E-state index in [4.69, 9.17) is 21.7 Å². The van der Waals surface area contributed by atoms with Gasteiger partial charge in [0.25, 0.3) is 5.91 Å². The molecule has 0 radical (unpaired) electrons. The number of ether oxygens (including phenoxy) is 2. The molecule has 2 rings (SSSR count). The monoisotopic (exact) mass is 413 g/mol. The highest BCUT2D eigenvalue weighted by Gasteiger charge is 2.05. The Morgan fingerprint density at radius 1 is 0.966 bits per heavy atom. The van der Waals surface area contributed by atoms with Crippen LogP contribution in [0.1, 0.15) is 18.1 Å².